The Morgan fingerprint density at radius 2 is 1.21 bits per heavy atom. The molecule has 1 aromatic heterocycles. The number of nitro groups is 2. The first-order valence-corrected chi connectivity index (χ1v) is 7.02. The van der Waals surface area contributed by atoms with Crippen LogP contribution in [-0.4, -0.2) is 24.4 Å². The van der Waals surface area contributed by atoms with Crippen LogP contribution in [0.4, 0.5) is 11.4 Å². The molecule has 0 radical (unpaired) electrons. The second kappa shape index (κ2) is 4.15. The molecule has 0 unspecified atom stereocenters. The van der Waals surface area contributed by atoms with Crippen LogP contribution in [0.3, 0.4) is 0 Å². The topological polar surface area (TPSA) is 86.3 Å². The standard InChI is InChI=1S/C12H6N2O4Se/c15-13(16)7-1-3-9-10-4-2-8(14(17)18)6-12(10)19-11(9)5-7/h1-6H. The van der Waals surface area contributed by atoms with Gasteiger partial charge in [-0.15, -0.1) is 0 Å². The maximum atomic E-state index is 10.7. The van der Waals surface area contributed by atoms with E-state index in [9.17, 15) is 20.2 Å². The number of non-ortho nitro benzene ring substituents is 2. The summed E-state index contributed by atoms with van der Waals surface area (Å²) in [6, 6.07) is 9.47. The third-order valence-electron chi connectivity index (χ3n) is 2.86. The Morgan fingerprint density at radius 3 is 1.58 bits per heavy atom. The van der Waals surface area contributed by atoms with Crippen molar-refractivity contribution in [2.24, 2.45) is 0 Å². The van der Waals surface area contributed by atoms with Crippen molar-refractivity contribution in [2.45, 2.75) is 0 Å². The van der Waals surface area contributed by atoms with Gasteiger partial charge in [0.25, 0.3) is 0 Å². The van der Waals surface area contributed by atoms with E-state index in [4.69, 9.17) is 0 Å². The molecule has 7 heteroatoms. The van der Waals surface area contributed by atoms with Crippen LogP contribution in [0.5, 0.6) is 0 Å². The van der Waals surface area contributed by atoms with Gasteiger partial charge in [-0.25, -0.2) is 0 Å². The van der Waals surface area contributed by atoms with Crippen molar-refractivity contribution in [3.8, 4) is 0 Å². The molecule has 6 nitrogen and oxygen atoms in total. The number of rotatable bonds is 2. The molecule has 0 atom stereocenters. The summed E-state index contributed by atoms with van der Waals surface area (Å²) in [5.41, 5.74) is 0.117. The summed E-state index contributed by atoms with van der Waals surface area (Å²) < 4.78 is 1.80. The van der Waals surface area contributed by atoms with Gasteiger partial charge in [-0.1, -0.05) is 0 Å². The second-order valence-electron chi connectivity index (χ2n) is 3.98. The number of fused-ring (bicyclic) bond motifs is 3. The summed E-state index contributed by atoms with van der Waals surface area (Å²) in [6.45, 7) is 0. The first-order chi connectivity index (χ1) is 9.06. The van der Waals surface area contributed by atoms with Crippen LogP contribution in [0.25, 0.3) is 19.3 Å². The second-order valence-corrected chi connectivity index (χ2v) is 6.25. The first-order valence-electron chi connectivity index (χ1n) is 5.31. The van der Waals surface area contributed by atoms with Crippen molar-refractivity contribution in [3.05, 3.63) is 56.6 Å². The van der Waals surface area contributed by atoms with Crippen molar-refractivity contribution in [1.29, 1.82) is 0 Å². The fourth-order valence-corrected chi connectivity index (χ4v) is 4.44. The summed E-state index contributed by atoms with van der Waals surface area (Å²) in [6.07, 6.45) is 0. The normalized spacial score (nSPS) is 10.9. The Bertz CT molecular complexity index is 772. The van der Waals surface area contributed by atoms with Gasteiger partial charge in [0.1, 0.15) is 0 Å². The van der Waals surface area contributed by atoms with Crippen LogP contribution in [0, 0.1) is 20.2 Å². The number of hydrogen-bond acceptors (Lipinski definition) is 4. The van der Waals surface area contributed by atoms with E-state index >= 15 is 0 Å². The van der Waals surface area contributed by atoms with Crippen molar-refractivity contribution >= 4 is 45.2 Å². The summed E-state index contributed by atoms with van der Waals surface area (Å²) in [5.74, 6) is 0. The number of benzene rings is 2. The predicted molar refractivity (Wildman–Crippen MR) is 71.7 cm³/mol. The Kier molecular flexibility index (Phi) is 2.58. The van der Waals surface area contributed by atoms with Crippen molar-refractivity contribution in [2.75, 3.05) is 0 Å². The molecule has 19 heavy (non-hydrogen) atoms. The molecule has 0 bridgehead atoms. The van der Waals surface area contributed by atoms with Crippen LogP contribution in [0.1, 0.15) is 0 Å². The van der Waals surface area contributed by atoms with Gasteiger partial charge in [-0.05, 0) is 0 Å². The molecule has 3 aromatic rings. The quantitative estimate of drug-likeness (QED) is 0.412. The van der Waals surface area contributed by atoms with Gasteiger partial charge in [0.05, 0.1) is 0 Å². The summed E-state index contributed by atoms with van der Waals surface area (Å²) in [5, 5.41) is 23.4. The molecule has 0 aliphatic rings. The summed E-state index contributed by atoms with van der Waals surface area (Å²) >= 11 is -0.122. The first kappa shape index (κ1) is 11.8. The summed E-state index contributed by atoms with van der Waals surface area (Å²) in [7, 11) is 0. The SMILES string of the molecule is O=[N+]([O-])c1ccc2c(c1)[se]c1cc([N+](=O)[O-])ccc12. The van der Waals surface area contributed by atoms with E-state index in [1.54, 1.807) is 24.3 Å². The molecule has 0 saturated heterocycles. The van der Waals surface area contributed by atoms with E-state index in [0.717, 1.165) is 19.3 Å². The molecule has 0 saturated carbocycles. The van der Waals surface area contributed by atoms with Gasteiger partial charge >= 0.3 is 112 Å². The molecule has 3 rings (SSSR count). The fraction of sp³-hybridized carbons (Fsp3) is 0. The summed E-state index contributed by atoms with van der Waals surface area (Å²) in [4.78, 5) is 20.6. The van der Waals surface area contributed by atoms with Gasteiger partial charge in [0.2, 0.25) is 0 Å². The van der Waals surface area contributed by atoms with Gasteiger partial charge in [0.15, 0.2) is 0 Å². The Morgan fingerprint density at radius 1 is 0.789 bits per heavy atom. The van der Waals surface area contributed by atoms with E-state index in [-0.39, 0.29) is 25.9 Å². The minimum atomic E-state index is -0.429. The predicted octanol–water partition coefficient (Wildman–Crippen LogP) is 2.87. The molecule has 0 aliphatic carbocycles. The van der Waals surface area contributed by atoms with Crippen LogP contribution in [0.2, 0.25) is 0 Å². The van der Waals surface area contributed by atoms with Crippen molar-refractivity contribution in [3.63, 3.8) is 0 Å². The van der Waals surface area contributed by atoms with Crippen LogP contribution in [0.15, 0.2) is 36.4 Å². The van der Waals surface area contributed by atoms with Gasteiger partial charge in [-0.3, -0.25) is 0 Å². The number of hydrogen-bond donors (Lipinski definition) is 0. The van der Waals surface area contributed by atoms with E-state index in [2.05, 4.69) is 0 Å². The third kappa shape index (κ3) is 1.89. The molecule has 1 heterocycles. The van der Waals surface area contributed by atoms with E-state index < -0.39 is 9.85 Å². The average Bonchev–Trinajstić information content (AvgIpc) is 2.74. The molecular formula is C12H6N2O4Se. The molecule has 0 aliphatic heterocycles. The number of nitrogens with zero attached hydrogens (tertiary/aromatic N) is 2. The zero-order valence-corrected chi connectivity index (χ0v) is 11.1. The maximum absolute atomic E-state index is 10.7. The molecule has 0 spiro atoms. The molecule has 0 N–H and O–H groups in total. The molecular weight excluding hydrogens is 315 g/mol. The monoisotopic (exact) mass is 322 g/mol. The molecule has 0 amide bonds. The van der Waals surface area contributed by atoms with Gasteiger partial charge < -0.3 is 0 Å². The molecule has 2 aromatic carbocycles. The Labute approximate surface area is 112 Å². The zero-order valence-electron chi connectivity index (χ0n) is 9.40. The number of nitro benzene ring substituents is 2. The third-order valence-corrected chi connectivity index (χ3v) is 5.20. The minimum absolute atomic E-state index is 0.0583. The Hall–Kier alpha value is -2.24. The van der Waals surface area contributed by atoms with Crippen LogP contribution in [-0.2, 0) is 0 Å². The van der Waals surface area contributed by atoms with E-state index in [1.165, 1.54) is 12.1 Å². The van der Waals surface area contributed by atoms with Gasteiger partial charge in [0, 0.05) is 0 Å². The molecule has 0 fully saturated rings. The van der Waals surface area contributed by atoms with Crippen molar-refractivity contribution < 1.29 is 9.85 Å². The Balaban J connectivity index is 2.31. The fourth-order valence-electron chi connectivity index (χ4n) is 1.98. The average molecular weight is 321 g/mol. The van der Waals surface area contributed by atoms with Crippen LogP contribution >= 0.6 is 0 Å². The van der Waals surface area contributed by atoms with Crippen molar-refractivity contribution in [1.82, 2.24) is 0 Å². The van der Waals surface area contributed by atoms with Crippen LogP contribution < -0.4 is 0 Å². The zero-order chi connectivity index (χ0) is 13.6. The van der Waals surface area contributed by atoms with E-state index in [1.807, 2.05) is 0 Å². The molecule has 94 valence electrons. The van der Waals surface area contributed by atoms with Gasteiger partial charge in [-0.2, -0.15) is 0 Å². The van der Waals surface area contributed by atoms with E-state index in [0.29, 0.717) is 0 Å².